The molecule has 5 aromatic rings. The number of carboxylic acid groups (broad SMARTS) is 1. The number of ether oxygens (including phenoxy) is 3. The molecule has 250 valence electrons. The van der Waals surface area contributed by atoms with Crippen molar-refractivity contribution in [2.45, 2.75) is 55.9 Å². The quantitative estimate of drug-likeness (QED) is 0.264. The van der Waals surface area contributed by atoms with Crippen LogP contribution in [-0.4, -0.2) is 92.5 Å². The summed E-state index contributed by atoms with van der Waals surface area (Å²) in [5, 5.41) is 15.6. The average molecular weight is 662 g/mol. The number of pyridine rings is 1. The summed E-state index contributed by atoms with van der Waals surface area (Å²) in [5.74, 6) is 7.35. The van der Waals surface area contributed by atoms with Crippen molar-refractivity contribution in [2.75, 3.05) is 42.7 Å². The zero-order valence-electron chi connectivity index (χ0n) is 27.2. The standard InChI is InChI=1S/C36H35N7O6/c1-21-36(19-46-20-36)47-14-13-42(21)27-15-22(7-10-24-11-12-38-41(24)2)17-37-34(27)48-25-16-28(35(44)45)43(18-25)33-31-30(39-32(40-33)23-8-9-23)26-5-3-4-6-29(26)49-31/h3-6,11-12,15,17,21,23,25,28H,8-9,13-14,16,18-20H2,1-2H3,(H,44,45)/t21-,25-,28-/m0/s1. The maximum absolute atomic E-state index is 12.8. The van der Waals surface area contributed by atoms with Crippen LogP contribution in [0.25, 0.3) is 22.1 Å². The van der Waals surface area contributed by atoms with Crippen LogP contribution in [0, 0.1) is 11.8 Å². The molecule has 1 aromatic carbocycles. The van der Waals surface area contributed by atoms with Crippen molar-refractivity contribution in [3.05, 3.63) is 65.9 Å². The van der Waals surface area contributed by atoms with Gasteiger partial charge >= 0.3 is 5.97 Å². The van der Waals surface area contributed by atoms with Gasteiger partial charge in [0.15, 0.2) is 11.4 Å². The monoisotopic (exact) mass is 661 g/mol. The van der Waals surface area contributed by atoms with Crippen molar-refractivity contribution in [2.24, 2.45) is 7.05 Å². The van der Waals surface area contributed by atoms with E-state index in [1.165, 1.54) is 0 Å². The van der Waals surface area contributed by atoms with Gasteiger partial charge < -0.3 is 33.5 Å². The predicted octanol–water partition coefficient (Wildman–Crippen LogP) is 3.89. The Labute approximate surface area is 281 Å². The third-order valence-corrected chi connectivity index (χ3v) is 10.2. The van der Waals surface area contributed by atoms with Gasteiger partial charge in [0, 0.05) is 43.1 Å². The summed E-state index contributed by atoms with van der Waals surface area (Å²) in [7, 11) is 1.85. The number of rotatable bonds is 6. The number of nitrogens with zero attached hydrogens (tertiary/aromatic N) is 7. The molecule has 3 saturated heterocycles. The molecule has 3 atom stereocenters. The lowest BCUT2D eigenvalue weighted by Gasteiger charge is -2.53. The Hall–Kier alpha value is -5.19. The van der Waals surface area contributed by atoms with Gasteiger partial charge in [0.1, 0.15) is 46.1 Å². The van der Waals surface area contributed by atoms with E-state index in [0.717, 1.165) is 41.0 Å². The van der Waals surface area contributed by atoms with Crippen molar-refractivity contribution in [3.63, 3.8) is 0 Å². The first kappa shape index (κ1) is 29.9. The number of morpholine rings is 1. The zero-order valence-corrected chi connectivity index (χ0v) is 27.2. The highest BCUT2D eigenvalue weighted by Crippen LogP contribution is 2.44. The van der Waals surface area contributed by atoms with Gasteiger partial charge in [-0.3, -0.25) is 4.68 Å². The van der Waals surface area contributed by atoms with Gasteiger partial charge in [0.05, 0.1) is 38.6 Å². The molecule has 7 heterocycles. The molecule has 4 fully saturated rings. The van der Waals surface area contributed by atoms with E-state index >= 15 is 0 Å². The molecule has 13 nitrogen and oxygen atoms in total. The van der Waals surface area contributed by atoms with Crippen molar-refractivity contribution >= 4 is 39.5 Å². The molecule has 1 spiro atoms. The molecule has 0 radical (unpaired) electrons. The maximum Gasteiger partial charge on any atom is 0.326 e. The van der Waals surface area contributed by atoms with E-state index in [1.54, 1.807) is 22.0 Å². The molecule has 3 aliphatic heterocycles. The number of fused-ring (bicyclic) bond motifs is 3. The van der Waals surface area contributed by atoms with E-state index in [2.05, 4.69) is 28.8 Å². The number of carbonyl (C=O) groups is 1. The fourth-order valence-corrected chi connectivity index (χ4v) is 7.16. The van der Waals surface area contributed by atoms with Gasteiger partial charge in [0.25, 0.3) is 0 Å². The van der Waals surface area contributed by atoms with Gasteiger partial charge in [-0.15, -0.1) is 0 Å². The van der Waals surface area contributed by atoms with Gasteiger partial charge in [-0.25, -0.2) is 19.7 Å². The molecule has 1 N–H and O–H groups in total. The van der Waals surface area contributed by atoms with E-state index in [0.29, 0.717) is 54.7 Å². The van der Waals surface area contributed by atoms with E-state index in [1.807, 2.05) is 43.4 Å². The Morgan fingerprint density at radius 1 is 1.12 bits per heavy atom. The highest BCUT2D eigenvalue weighted by atomic mass is 16.6. The molecular weight excluding hydrogens is 626 g/mol. The lowest BCUT2D eigenvalue weighted by atomic mass is 9.90. The first-order valence-electron chi connectivity index (χ1n) is 16.7. The Kier molecular flexibility index (Phi) is 7.00. The highest BCUT2D eigenvalue weighted by Gasteiger charge is 2.50. The Balaban J connectivity index is 1.08. The number of furan rings is 1. The second-order valence-electron chi connectivity index (χ2n) is 13.4. The summed E-state index contributed by atoms with van der Waals surface area (Å²) in [6.45, 7) is 4.60. The lowest BCUT2D eigenvalue weighted by molar-refractivity contribution is -0.228. The Morgan fingerprint density at radius 2 is 1.98 bits per heavy atom. The number of carboxylic acids is 1. The first-order valence-corrected chi connectivity index (χ1v) is 16.7. The third-order valence-electron chi connectivity index (χ3n) is 10.2. The number of hydrogen-bond acceptors (Lipinski definition) is 11. The number of anilines is 2. The van der Waals surface area contributed by atoms with E-state index in [4.69, 9.17) is 33.6 Å². The zero-order chi connectivity index (χ0) is 33.3. The van der Waals surface area contributed by atoms with Gasteiger partial charge in [-0.1, -0.05) is 18.1 Å². The number of aromatic nitrogens is 5. The molecule has 13 heteroatoms. The van der Waals surface area contributed by atoms with Crippen LogP contribution >= 0.6 is 0 Å². The van der Waals surface area contributed by atoms with Crippen molar-refractivity contribution < 1.29 is 28.5 Å². The SMILES string of the molecule is C[C@@H]1N(c2cc(C#Cc3ccnn3C)cnc2O[C@H]2C[C@@H](C(=O)O)N(c3nc(C4CC4)nc4c3oc3ccccc34)C2)CCOC12COC2. The molecular formula is C36H35N7O6. The molecule has 1 aliphatic carbocycles. The summed E-state index contributed by atoms with van der Waals surface area (Å²) < 4.78 is 26.5. The van der Waals surface area contributed by atoms with Crippen LogP contribution in [0.3, 0.4) is 0 Å². The third kappa shape index (κ3) is 5.14. The van der Waals surface area contributed by atoms with Crippen molar-refractivity contribution in [1.29, 1.82) is 0 Å². The van der Waals surface area contributed by atoms with Crippen LogP contribution in [-0.2, 0) is 21.3 Å². The van der Waals surface area contributed by atoms with Crippen molar-refractivity contribution in [1.82, 2.24) is 24.7 Å². The lowest BCUT2D eigenvalue weighted by Crippen LogP contribution is -2.68. The number of hydrogen-bond donors (Lipinski definition) is 1. The topological polar surface area (TPSA) is 141 Å². The second kappa shape index (κ2) is 11.5. The molecule has 49 heavy (non-hydrogen) atoms. The minimum Gasteiger partial charge on any atom is -0.480 e. The summed E-state index contributed by atoms with van der Waals surface area (Å²) in [6.07, 6.45) is 5.18. The van der Waals surface area contributed by atoms with Gasteiger partial charge in [-0.2, -0.15) is 5.10 Å². The van der Waals surface area contributed by atoms with Crippen LogP contribution in [0.1, 0.15) is 49.2 Å². The number of para-hydroxylation sites is 1. The first-order chi connectivity index (χ1) is 23.9. The minimum atomic E-state index is -0.954. The minimum absolute atomic E-state index is 0.0190. The van der Waals surface area contributed by atoms with Crippen LogP contribution in [0.4, 0.5) is 11.5 Å². The summed E-state index contributed by atoms with van der Waals surface area (Å²) in [5.41, 5.74) is 3.76. The molecule has 0 bridgehead atoms. The van der Waals surface area contributed by atoms with Gasteiger partial charge in [-0.05, 0) is 50.0 Å². The van der Waals surface area contributed by atoms with Crippen molar-refractivity contribution in [3.8, 4) is 17.7 Å². The number of aryl methyl sites for hydroxylation is 1. The van der Waals surface area contributed by atoms with Gasteiger partial charge in [0.2, 0.25) is 5.88 Å². The van der Waals surface area contributed by atoms with Crippen LogP contribution < -0.4 is 14.5 Å². The number of aliphatic carboxylic acids is 1. The Bertz CT molecular complexity index is 2160. The largest absolute Gasteiger partial charge is 0.480 e. The molecule has 0 amide bonds. The van der Waals surface area contributed by atoms with E-state index in [9.17, 15) is 9.90 Å². The summed E-state index contributed by atoms with van der Waals surface area (Å²) >= 11 is 0. The highest BCUT2D eigenvalue weighted by molar-refractivity contribution is 6.06. The summed E-state index contributed by atoms with van der Waals surface area (Å²) in [4.78, 5) is 31.5. The molecule has 4 aromatic heterocycles. The molecule has 9 rings (SSSR count). The predicted molar refractivity (Wildman–Crippen MR) is 179 cm³/mol. The maximum atomic E-state index is 12.8. The van der Waals surface area contributed by atoms with Crippen LogP contribution in [0.15, 0.2) is 53.2 Å². The molecule has 0 unspecified atom stereocenters. The molecule has 4 aliphatic rings. The van der Waals surface area contributed by atoms with Crippen LogP contribution in [0.2, 0.25) is 0 Å². The second-order valence-corrected chi connectivity index (χ2v) is 13.4. The average Bonchev–Trinajstić information content (AvgIpc) is 3.55. The smallest absolute Gasteiger partial charge is 0.326 e. The molecule has 1 saturated carbocycles. The normalized spacial score (nSPS) is 23.1. The Morgan fingerprint density at radius 3 is 2.73 bits per heavy atom. The van der Waals surface area contributed by atoms with E-state index in [-0.39, 0.29) is 24.9 Å². The van der Waals surface area contributed by atoms with Crippen LogP contribution in [0.5, 0.6) is 5.88 Å². The van der Waals surface area contributed by atoms with E-state index < -0.39 is 23.7 Å². The number of benzene rings is 1. The fraction of sp³-hybridized carbons (Fsp3) is 0.417. The fourth-order valence-electron chi connectivity index (χ4n) is 7.16. The summed E-state index contributed by atoms with van der Waals surface area (Å²) in [6, 6.07) is 10.7.